The minimum absolute atomic E-state index is 0.294. The molecule has 1 aliphatic heterocycles. The normalized spacial score (nSPS) is 21.4. The van der Waals surface area contributed by atoms with E-state index in [9.17, 15) is 0 Å². The number of nitrogens with one attached hydrogen (secondary N) is 1. The summed E-state index contributed by atoms with van der Waals surface area (Å²) in [4.78, 5) is 6.87. The smallest absolute Gasteiger partial charge is 0.128 e. The Morgan fingerprint density at radius 2 is 2.42 bits per heavy atom. The predicted octanol–water partition coefficient (Wildman–Crippen LogP) is 1.96. The van der Waals surface area contributed by atoms with E-state index < -0.39 is 0 Å². The minimum atomic E-state index is 0.294. The number of aromatic nitrogens is 1. The molecule has 2 rings (SSSR count). The van der Waals surface area contributed by atoms with Gasteiger partial charge in [0.05, 0.1) is 0 Å². The van der Waals surface area contributed by atoms with Gasteiger partial charge in [0.25, 0.3) is 0 Å². The van der Waals surface area contributed by atoms with E-state index in [0.717, 1.165) is 25.3 Å². The van der Waals surface area contributed by atoms with Gasteiger partial charge in [-0.2, -0.15) is 0 Å². The van der Waals surface area contributed by atoms with Crippen LogP contribution < -0.4 is 10.2 Å². The summed E-state index contributed by atoms with van der Waals surface area (Å²) in [5, 5.41) is 12.3. The fourth-order valence-electron chi connectivity index (χ4n) is 2.73. The summed E-state index contributed by atoms with van der Waals surface area (Å²) in [5.41, 5.74) is 1.27. The van der Waals surface area contributed by atoms with Gasteiger partial charge in [0.2, 0.25) is 0 Å². The molecule has 1 saturated heterocycles. The van der Waals surface area contributed by atoms with E-state index >= 15 is 0 Å². The van der Waals surface area contributed by atoms with Gasteiger partial charge in [-0.05, 0) is 56.8 Å². The molecule has 2 unspecified atom stereocenters. The number of nitrogens with zero attached hydrogens (tertiary/aromatic N) is 2. The second-order valence-corrected chi connectivity index (χ2v) is 5.42. The van der Waals surface area contributed by atoms with Gasteiger partial charge < -0.3 is 15.3 Å². The van der Waals surface area contributed by atoms with Crippen LogP contribution in [0.1, 0.15) is 37.8 Å². The van der Waals surface area contributed by atoms with E-state index in [1.54, 1.807) is 0 Å². The highest BCUT2D eigenvalue weighted by Gasteiger charge is 2.20. The largest absolute Gasteiger partial charge is 0.396 e. The quantitative estimate of drug-likeness (QED) is 0.852. The van der Waals surface area contributed by atoms with Crippen molar-refractivity contribution in [1.29, 1.82) is 0 Å². The van der Waals surface area contributed by atoms with Gasteiger partial charge in [-0.3, -0.25) is 0 Å². The highest BCUT2D eigenvalue weighted by Crippen LogP contribution is 2.25. The van der Waals surface area contributed by atoms with Crippen molar-refractivity contribution in [2.75, 3.05) is 31.6 Å². The van der Waals surface area contributed by atoms with Crippen molar-refractivity contribution in [1.82, 2.24) is 10.3 Å². The molecule has 1 fully saturated rings. The number of piperidine rings is 1. The number of rotatable bonds is 5. The summed E-state index contributed by atoms with van der Waals surface area (Å²) < 4.78 is 0. The van der Waals surface area contributed by atoms with Crippen molar-refractivity contribution < 1.29 is 5.11 Å². The summed E-state index contributed by atoms with van der Waals surface area (Å²) in [7, 11) is 1.98. The molecule has 0 radical (unpaired) electrons. The van der Waals surface area contributed by atoms with Gasteiger partial charge in [-0.25, -0.2) is 4.98 Å². The molecule has 4 nitrogen and oxygen atoms in total. The lowest BCUT2D eigenvalue weighted by Gasteiger charge is -2.33. The third kappa shape index (κ3) is 3.67. The van der Waals surface area contributed by atoms with Crippen molar-refractivity contribution in [3.05, 3.63) is 23.9 Å². The first-order valence-electron chi connectivity index (χ1n) is 7.23. The third-order valence-electron chi connectivity index (χ3n) is 4.08. The first kappa shape index (κ1) is 14.3. The molecule has 1 aliphatic rings. The number of aliphatic hydroxyl groups excluding tert-OH is 1. The topological polar surface area (TPSA) is 48.4 Å². The van der Waals surface area contributed by atoms with Gasteiger partial charge >= 0.3 is 0 Å². The van der Waals surface area contributed by atoms with E-state index in [1.807, 2.05) is 13.2 Å². The van der Waals surface area contributed by atoms with Crippen molar-refractivity contribution in [2.24, 2.45) is 5.92 Å². The van der Waals surface area contributed by atoms with Crippen LogP contribution in [-0.4, -0.2) is 36.8 Å². The fraction of sp³-hybridized carbons (Fsp3) is 0.667. The molecule has 106 valence electrons. The second kappa shape index (κ2) is 6.87. The first-order chi connectivity index (χ1) is 9.24. The zero-order valence-corrected chi connectivity index (χ0v) is 12.0. The van der Waals surface area contributed by atoms with E-state index in [2.05, 4.69) is 34.3 Å². The molecular weight excluding hydrogens is 238 g/mol. The maximum absolute atomic E-state index is 9.08. The van der Waals surface area contributed by atoms with Crippen LogP contribution in [0.3, 0.4) is 0 Å². The monoisotopic (exact) mass is 263 g/mol. The second-order valence-electron chi connectivity index (χ2n) is 5.42. The van der Waals surface area contributed by atoms with E-state index in [1.165, 1.54) is 18.4 Å². The maximum Gasteiger partial charge on any atom is 0.128 e. The Kier molecular flexibility index (Phi) is 5.16. The molecule has 0 saturated carbocycles. The Balaban J connectivity index is 2.08. The van der Waals surface area contributed by atoms with Crippen molar-refractivity contribution in [2.45, 2.75) is 32.2 Å². The molecule has 2 N–H and O–H groups in total. The van der Waals surface area contributed by atoms with Crippen LogP contribution in [-0.2, 0) is 0 Å². The maximum atomic E-state index is 9.08. The zero-order valence-electron chi connectivity index (χ0n) is 12.0. The summed E-state index contributed by atoms with van der Waals surface area (Å²) in [5.74, 6) is 1.67. The van der Waals surface area contributed by atoms with Crippen LogP contribution >= 0.6 is 0 Å². The van der Waals surface area contributed by atoms with Crippen molar-refractivity contribution in [3.63, 3.8) is 0 Å². The molecule has 0 bridgehead atoms. The standard InChI is InChI=1S/C15H25N3O/c1-12(16-2)14-5-7-17-15(10-14)18-8-3-4-13(11-18)6-9-19/h5,7,10,12-13,16,19H,3-4,6,8-9,11H2,1-2H3. The van der Waals surface area contributed by atoms with Crippen LogP contribution in [0.5, 0.6) is 0 Å². The van der Waals surface area contributed by atoms with Crippen LogP contribution in [0.15, 0.2) is 18.3 Å². The molecule has 1 aromatic rings. The number of hydrogen-bond donors (Lipinski definition) is 2. The molecule has 2 heterocycles. The van der Waals surface area contributed by atoms with Crippen LogP contribution in [0.25, 0.3) is 0 Å². The van der Waals surface area contributed by atoms with E-state index in [4.69, 9.17) is 5.11 Å². The Morgan fingerprint density at radius 3 is 3.16 bits per heavy atom. The Hall–Kier alpha value is -1.13. The average Bonchev–Trinajstić information content (AvgIpc) is 2.47. The van der Waals surface area contributed by atoms with Crippen LogP contribution in [0, 0.1) is 5.92 Å². The Labute approximate surface area is 115 Å². The molecule has 0 amide bonds. The Morgan fingerprint density at radius 1 is 1.58 bits per heavy atom. The number of pyridine rings is 1. The first-order valence-corrected chi connectivity index (χ1v) is 7.23. The van der Waals surface area contributed by atoms with Gasteiger partial charge in [-0.15, -0.1) is 0 Å². The van der Waals surface area contributed by atoms with Gasteiger partial charge in [0, 0.05) is 31.9 Å². The van der Waals surface area contributed by atoms with E-state index in [0.29, 0.717) is 18.6 Å². The lowest BCUT2D eigenvalue weighted by molar-refractivity contribution is 0.244. The van der Waals surface area contributed by atoms with Crippen molar-refractivity contribution in [3.8, 4) is 0 Å². The molecule has 0 spiro atoms. The van der Waals surface area contributed by atoms with Gasteiger partial charge in [0.1, 0.15) is 5.82 Å². The summed E-state index contributed by atoms with van der Waals surface area (Å²) in [6.07, 6.45) is 5.22. The van der Waals surface area contributed by atoms with Crippen LogP contribution in [0.2, 0.25) is 0 Å². The summed E-state index contributed by atoms with van der Waals surface area (Å²) >= 11 is 0. The lowest BCUT2D eigenvalue weighted by Crippen LogP contribution is -2.36. The Bertz CT molecular complexity index is 395. The van der Waals surface area contributed by atoms with Gasteiger partial charge in [0.15, 0.2) is 0 Å². The molecule has 2 atom stereocenters. The molecular formula is C15H25N3O. The minimum Gasteiger partial charge on any atom is -0.396 e. The predicted molar refractivity (Wildman–Crippen MR) is 78.4 cm³/mol. The molecule has 0 aromatic carbocycles. The van der Waals surface area contributed by atoms with E-state index in [-0.39, 0.29) is 0 Å². The SMILES string of the molecule is CNC(C)c1ccnc(N2CCCC(CCO)C2)c1. The highest BCUT2D eigenvalue weighted by atomic mass is 16.3. The van der Waals surface area contributed by atoms with Gasteiger partial charge in [-0.1, -0.05) is 0 Å². The number of aliphatic hydroxyl groups is 1. The summed E-state index contributed by atoms with van der Waals surface area (Å²) in [6.45, 7) is 4.55. The number of anilines is 1. The third-order valence-corrected chi connectivity index (χ3v) is 4.08. The fourth-order valence-corrected chi connectivity index (χ4v) is 2.73. The summed E-state index contributed by atoms with van der Waals surface area (Å²) in [6, 6.07) is 4.60. The highest BCUT2D eigenvalue weighted by molar-refractivity contribution is 5.42. The van der Waals surface area contributed by atoms with Crippen molar-refractivity contribution >= 4 is 5.82 Å². The number of hydrogen-bond acceptors (Lipinski definition) is 4. The molecule has 1 aromatic heterocycles. The molecule has 0 aliphatic carbocycles. The molecule has 19 heavy (non-hydrogen) atoms. The molecule has 4 heteroatoms. The average molecular weight is 263 g/mol. The lowest BCUT2D eigenvalue weighted by atomic mass is 9.95. The zero-order chi connectivity index (χ0) is 13.7. The van der Waals surface area contributed by atoms with Crippen LogP contribution in [0.4, 0.5) is 5.82 Å².